The number of hydrogen-bond donors (Lipinski definition) is 2. The van der Waals surface area contributed by atoms with Crippen molar-refractivity contribution in [3.8, 4) is 0 Å². The molecule has 1 unspecified atom stereocenters. The minimum Gasteiger partial charge on any atom is -0.481 e. The highest BCUT2D eigenvalue weighted by Gasteiger charge is 2.28. The van der Waals surface area contributed by atoms with E-state index in [-0.39, 0.29) is 10.8 Å². The highest BCUT2D eigenvalue weighted by molar-refractivity contribution is 7.89. The lowest BCUT2D eigenvalue weighted by atomic mass is 10.1. The molecule has 1 aliphatic heterocycles. The van der Waals surface area contributed by atoms with Crippen LogP contribution in [0.4, 0.5) is 5.69 Å². The van der Waals surface area contributed by atoms with Gasteiger partial charge in [-0.2, -0.15) is 0 Å². The second kappa shape index (κ2) is 5.18. The van der Waals surface area contributed by atoms with E-state index in [1.54, 1.807) is 12.1 Å². The van der Waals surface area contributed by atoms with E-state index in [9.17, 15) is 13.2 Å². The van der Waals surface area contributed by atoms with Crippen molar-refractivity contribution in [2.24, 2.45) is 5.92 Å². The fraction of sp³-hybridized carbons (Fsp3) is 0.417. The highest BCUT2D eigenvalue weighted by atomic mass is 32.2. The third kappa shape index (κ3) is 2.87. The van der Waals surface area contributed by atoms with Crippen molar-refractivity contribution in [2.45, 2.75) is 11.3 Å². The number of hydrogen-bond acceptors (Lipinski definition) is 4. The van der Waals surface area contributed by atoms with Gasteiger partial charge in [-0.05, 0) is 37.7 Å². The van der Waals surface area contributed by atoms with Gasteiger partial charge in [0.1, 0.15) is 0 Å². The summed E-state index contributed by atoms with van der Waals surface area (Å²) < 4.78 is 25.4. The van der Waals surface area contributed by atoms with Crippen LogP contribution < -0.4 is 9.62 Å². The van der Waals surface area contributed by atoms with Crippen molar-refractivity contribution < 1.29 is 18.3 Å². The molecule has 7 heteroatoms. The summed E-state index contributed by atoms with van der Waals surface area (Å²) in [4.78, 5) is 13.0. The van der Waals surface area contributed by atoms with Gasteiger partial charge in [0.2, 0.25) is 10.0 Å². The summed E-state index contributed by atoms with van der Waals surface area (Å²) >= 11 is 0. The van der Waals surface area contributed by atoms with E-state index in [4.69, 9.17) is 5.11 Å². The number of rotatable bonds is 4. The zero-order chi connectivity index (χ0) is 14.0. The summed E-state index contributed by atoms with van der Waals surface area (Å²) in [6, 6.07) is 6.45. The molecule has 0 amide bonds. The van der Waals surface area contributed by atoms with Crippen molar-refractivity contribution in [1.29, 1.82) is 0 Å². The molecule has 104 valence electrons. The van der Waals surface area contributed by atoms with E-state index in [1.165, 1.54) is 19.2 Å². The SMILES string of the molecule is CNS(=O)(=O)c1ccc(N2CCC(C(=O)O)C2)cc1. The number of aliphatic carboxylic acids is 1. The van der Waals surface area contributed by atoms with Crippen LogP contribution in [0.1, 0.15) is 6.42 Å². The quantitative estimate of drug-likeness (QED) is 0.841. The molecule has 6 nitrogen and oxygen atoms in total. The van der Waals surface area contributed by atoms with Gasteiger partial charge in [0.05, 0.1) is 10.8 Å². The van der Waals surface area contributed by atoms with E-state index in [1.807, 2.05) is 4.90 Å². The summed E-state index contributed by atoms with van der Waals surface area (Å²) in [7, 11) is -2.06. The largest absolute Gasteiger partial charge is 0.481 e. The molecule has 1 heterocycles. The number of carbonyl (C=O) groups is 1. The van der Waals surface area contributed by atoms with E-state index < -0.39 is 16.0 Å². The zero-order valence-electron chi connectivity index (χ0n) is 10.5. The highest BCUT2D eigenvalue weighted by Crippen LogP contribution is 2.25. The summed E-state index contributed by atoms with van der Waals surface area (Å²) in [5.74, 6) is -1.13. The number of sulfonamides is 1. The number of nitrogens with zero attached hydrogens (tertiary/aromatic N) is 1. The van der Waals surface area contributed by atoms with Crippen LogP contribution in [0.15, 0.2) is 29.2 Å². The number of benzene rings is 1. The third-order valence-electron chi connectivity index (χ3n) is 3.32. The van der Waals surface area contributed by atoms with Crippen LogP contribution in [0, 0.1) is 5.92 Å². The molecule has 1 aliphatic rings. The standard InChI is InChI=1S/C12H16N2O4S/c1-13-19(17,18)11-4-2-10(3-5-11)14-7-6-9(8-14)12(15)16/h2-5,9,13H,6-8H2,1H3,(H,15,16). The number of carboxylic acid groups (broad SMARTS) is 1. The summed E-state index contributed by atoms with van der Waals surface area (Å²) in [5, 5.41) is 8.95. The van der Waals surface area contributed by atoms with Crippen LogP contribution in [-0.4, -0.2) is 39.6 Å². The molecule has 1 aromatic rings. The van der Waals surface area contributed by atoms with Gasteiger partial charge in [-0.25, -0.2) is 13.1 Å². The van der Waals surface area contributed by atoms with Gasteiger partial charge >= 0.3 is 5.97 Å². The Hall–Kier alpha value is -1.60. The summed E-state index contributed by atoms with van der Waals surface area (Å²) in [6.45, 7) is 1.14. The first-order valence-corrected chi connectivity index (χ1v) is 7.44. The fourth-order valence-electron chi connectivity index (χ4n) is 2.15. The minimum absolute atomic E-state index is 0.202. The van der Waals surface area contributed by atoms with Crippen LogP contribution in [0.2, 0.25) is 0 Å². The molecule has 1 saturated heterocycles. The smallest absolute Gasteiger partial charge is 0.308 e. The van der Waals surface area contributed by atoms with Crippen molar-refractivity contribution in [3.05, 3.63) is 24.3 Å². The average Bonchev–Trinajstić information content (AvgIpc) is 2.88. The molecular weight excluding hydrogens is 268 g/mol. The first-order chi connectivity index (χ1) is 8.94. The zero-order valence-corrected chi connectivity index (χ0v) is 11.4. The Balaban J connectivity index is 2.14. The summed E-state index contributed by atoms with van der Waals surface area (Å²) in [6.07, 6.45) is 0.617. The van der Waals surface area contributed by atoms with Crippen LogP contribution in [0.3, 0.4) is 0 Å². The summed E-state index contributed by atoms with van der Waals surface area (Å²) in [5.41, 5.74) is 0.846. The Morgan fingerprint density at radius 1 is 1.37 bits per heavy atom. The number of nitrogens with one attached hydrogen (secondary N) is 1. The topological polar surface area (TPSA) is 86.7 Å². The van der Waals surface area contributed by atoms with Gasteiger partial charge in [-0.1, -0.05) is 0 Å². The van der Waals surface area contributed by atoms with E-state index in [2.05, 4.69) is 4.72 Å². The Morgan fingerprint density at radius 3 is 2.47 bits per heavy atom. The van der Waals surface area contributed by atoms with Gasteiger partial charge < -0.3 is 10.0 Å². The number of anilines is 1. The minimum atomic E-state index is -3.43. The van der Waals surface area contributed by atoms with E-state index in [0.717, 1.165) is 5.69 Å². The van der Waals surface area contributed by atoms with E-state index in [0.29, 0.717) is 19.5 Å². The predicted octanol–water partition coefficient (Wildman–Crippen LogP) is 0.506. The van der Waals surface area contributed by atoms with Gasteiger partial charge in [0.15, 0.2) is 0 Å². The lowest BCUT2D eigenvalue weighted by Crippen LogP contribution is -2.23. The predicted molar refractivity (Wildman–Crippen MR) is 70.6 cm³/mol. The Labute approximate surface area is 112 Å². The van der Waals surface area contributed by atoms with Crippen LogP contribution >= 0.6 is 0 Å². The van der Waals surface area contributed by atoms with Gasteiger partial charge in [-0.3, -0.25) is 4.79 Å². The van der Waals surface area contributed by atoms with E-state index >= 15 is 0 Å². The van der Waals surface area contributed by atoms with Crippen molar-refractivity contribution in [3.63, 3.8) is 0 Å². The Kier molecular flexibility index (Phi) is 3.77. The third-order valence-corrected chi connectivity index (χ3v) is 4.75. The molecule has 1 fully saturated rings. The molecule has 1 aromatic carbocycles. The van der Waals surface area contributed by atoms with Gasteiger partial charge in [0, 0.05) is 18.8 Å². The molecule has 0 spiro atoms. The second-order valence-electron chi connectivity index (χ2n) is 4.47. The molecule has 0 aromatic heterocycles. The van der Waals surface area contributed by atoms with Crippen LogP contribution in [0.25, 0.3) is 0 Å². The molecule has 19 heavy (non-hydrogen) atoms. The maximum atomic E-state index is 11.6. The first-order valence-electron chi connectivity index (χ1n) is 5.95. The Bertz CT molecular complexity index is 568. The molecule has 0 aliphatic carbocycles. The molecule has 0 saturated carbocycles. The maximum Gasteiger partial charge on any atom is 0.308 e. The number of carboxylic acids is 1. The van der Waals surface area contributed by atoms with Gasteiger partial charge in [0.25, 0.3) is 0 Å². The monoisotopic (exact) mass is 284 g/mol. The van der Waals surface area contributed by atoms with Crippen LogP contribution in [-0.2, 0) is 14.8 Å². The normalized spacial score (nSPS) is 19.6. The molecule has 1 atom stereocenters. The molecular formula is C12H16N2O4S. The average molecular weight is 284 g/mol. The van der Waals surface area contributed by atoms with Crippen molar-refractivity contribution >= 4 is 21.7 Å². The van der Waals surface area contributed by atoms with Crippen molar-refractivity contribution in [2.75, 3.05) is 25.0 Å². The molecule has 2 N–H and O–H groups in total. The lowest BCUT2D eigenvalue weighted by Gasteiger charge is -2.18. The second-order valence-corrected chi connectivity index (χ2v) is 6.36. The molecule has 2 rings (SSSR count). The molecule has 0 radical (unpaired) electrons. The fourth-order valence-corrected chi connectivity index (χ4v) is 2.88. The molecule has 0 bridgehead atoms. The first kappa shape index (κ1) is 13.8. The maximum absolute atomic E-state index is 11.6. The van der Waals surface area contributed by atoms with Crippen LogP contribution in [0.5, 0.6) is 0 Å². The van der Waals surface area contributed by atoms with Crippen molar-refractivity contribution in [1.82, 2.24) is 4.72 Å². The van der Waals surface area contributed by atoms with Gasteiger partial charge in [-0.15, -0.1) is 0 Å². The Morgan fingerprint density at radius 2 is 2.00 bits per heavy atom. The lowest BCUT2D eigenvalue weighted by molar-refractivity contribution is -0.140.